The molecule has 1 aromatic carbocycles. The highest BCUT2D eigenvalue weighted by Gasteiger charge is 2.26. The number of nitrogens with zero attached hydrogens (tertiary/aromatic N) is 2. The smallest absolute Gasteiger partial charge is 0.293 e. The van der Waals surface area contributed by atoms with E-state index in [9.17, 15) is 14.9 Å². The predicted molar refractivity (Wildman–Crippen MR) is 80.2 cm³/mol. The van der Waals surface area contributed by atoms with E-state index < -0.39 is 10.8 Å². The van der Waals surface area contributed by atoms with Gasteiger partial charge in [0.15, 0.2) is 0 Å². The Morgan fingerprint density at radius 1 is 1.48 bits per heavy atom. The molecule has 4 N–H and O–H groups in total. The van der Waals surface area contributed by atoms with Crippen LogP contribution in [0.25, 0.3) is 0 Å². The van der Waals surface area contributed by atoms with E-state index >= 15 is 0 Å². The van der Waals surface area contributed by atoms with E-state index in [1.54, 1.807) is 6.07 Å². The second-order valence-electron chi connectivity index (χ2n) is 5.36. The Hall–Kier alpha value is -2.15. The number of carbonyl (C=O) groups excluding carboxylic acids is 1. The third-order valence-electron chi connectivity index (χ3n) is 3.89. The number of nitrogens with two attached hydrogens (primary N) is 2. The molecule has 1 aromatic rings. The first-order valence-corrected chi connectivity index (χ1v) is 7.06. The van der Waals surface area contributed by atoms with Crippen LogP contribution in [0.5, 0.6) is 0 Å². The molecule has 1 unspecified atom stereocenters. The van der Waals surface area contributed by atoms with Gasteiger partial charge in [-0.15, -0.1) is 0 Å². The van der Waals surface area contributed by atoms with Crippen LogP contribution in [-0.2, 0) is 0 Å². The molecule has 1 saturated heterocycles. The molecule has 0 spiro atoms. The maximum Gasteiger partial charge on any atom is 0.293 e. The van der Waals surface area contributed by atoms with Crippen molar-refractivity contribution < 1.29 is 9.72 Å². The Labute approximate surface area is 123 Å². The van der Waals surface area contributed by atoms with Crippen molar-refractivity contribution in [2.75, 3.05) is 24.5 Å². The van der Waals surface area contributed by atoms with E-state index in [1.807, 2.05) is 4.90 Å². The van der Waals surface area contributed by atoms with Gasteiger partial charge < -0.3 is 16.4 Å². The van der Waals surface area contributed by atoms with Crippen LogP contribution in [0.3, 0.4) is 0 Å². The molecule has 21 heavy (non-hydrogen) atoms. The lowest BCUT2D eigenvalue weighted by molar-refractivity contribution is -0.384. The molecule has 7 nitrogen and oxygen atoms in total. The number of amides is 1. The Balaban J connectivity index is 2.29. The lowest BCUT2D eigenvalue weighted by Crippen LogP contribution is -2.36. The molecule has 114 valence electrons. The van der Waals surface area contributed by atoms with Gasteiger partial charge in [0, 0.05) is 24.7 Å². The largest absolute Gasteiger partial charge is 0.366 e. The predicted octanol–water partition coefficient (Wildman–Crippen LogP) is 1.26. The zero-order chi connectivity index (χ0) is 15.4. The molecule has 1 heterocycles. The summed E-state index contributed by atoms with van der Waals surface area (Å²) >= 11 is 0. The van der Waals surface area contributed by atoms with E-state index in [1.165, 1.54) is 12.1 Å². The van der Waals surface area contributed by atoms with Crippen LogP contribution in [-0.4, -0.2) is 30.5 Å². The minimum absolute atomic E-state index is 0.0697. The molecule has 0 saturated carbocycles. The maximum atomic E-state index is 11.3. The van der Waals surface area contributed by atoms with Crippen molar-refractivity contribution in [1.82, 2.24) is 0 Å². The number of rotatable bonds is 5. The Bertz CT molecular complexity index is 545. The summed E-state index contributed by atoms with van der Waals surface area (Å²) in [5.41, 5.74) is 11.4. The number of anilines is 1. The summed E-state index contributed by atoms with van der Waals surface area (Å²) in [6.07, 6.45) is 3.00. The number of hydrogen-bond donors (Lipinski definition) is 2. The number of nitro groups is 1. The van der Waals surface area contributed by atoms with E-state index in [2.05, 4.69) is 0 Å². The van der Waals surface area contributed by atoms with Crippen molar-refractivity contribution in [1.29, 1.82) is 0 Å². The van der Waals surface area contributed by atoms with Gasteiger partial charge in [0.05, 0.1) is 4.92 Å². The number of nitro benzene ring substituents is 1. The quantitative estimate of drug-likeness (QED) is 0.626. The van der Waals surface area contributed by atoms with E-state index in [0.29, 0.717) is 18.2 Å². The van der Waals surface area contributed by atoms with Crippen LogP contribution in [0, 0.1) is 16.0 Å². The Morgan fingerprint density at radius 2 is 2.24 bits per heavy atom. The first-order chi connectivity index (χ1) is 10.0. The zero-order valence-corrected chi connectivity index (χ0v) is 11.8. The maximum absolute atomic E-state index is 11.3. The van der Waals surface area contributed by atoms with Gasteiger partial charge in [0.2, 0.25) is 5.91 Å². The van der Waals surface area contributed by atoms with Crippen molar-refractivity contribution in [3.8, 4) is 0 Å². The van der Waals surface area contributed by atoms with Crippen LogP contribution in [0.4, 0.5) is 11.4 Å². The van der Waals surface area contributed by atoms with Crippen LogP contribution < -0.4 is 16.4 Å². The van der Waals surface area contributed by atoms with Gasteiger partial charge in [-0.05, 0) is 43.9 Å². The van der Waals surface area contributed by atoms with E-state index in [-0.39, 0.29) is 11.3 Å². The molecule has 7 heteroatoms. The van der Waals surface area contributed by atoms with Crippen molar-refractivity contribution in [3.05, 3.63) is 33.9 Å². The molecular weight excluding hydrogens is 272 g/mol. The number of benzene rings is 1. The van der Waals surface area contributed by atoms with Gasteiger partial charge in [-0.25, -0.2) is 0 Å². The molecule has 2 rings (SSSR count). The number of piperidine rings is 1. The van der Waals surface area contributed by atoms with Crippen molar-refractivity contribution in [2.45, 2.75) is 19.3 Å². The fourth-order valence-corrected chi connectivity index (χ4v) is 2.85. The minimum Gasteiger partial charge on any atom is -0.366 e. The van der Waals surface area contributed by atoms with Crippen molar-refractivity contribution in [2.24, 2.45) is 17.4 Å². The topological polar surface area (TPSA) is 115 Å². The van der Waals surface area contributed by atoms with Crippen LogP contribution >= 0.6 is 0 Å². The fraction of sp³-hybridized carbons (Fsp3) is 0.500. The highest BCUT2D eigenvalue weighted by molar-refractivity contribution is 5.94. The summed E-state index contributed by atoms with van der Waals surface area (Å²) in [5.74, 6) is -0.205. The highest BCUT2D eigenvalue weighted by Crippen LogP contribution is 2.32. The normalized spacial score (nSPS) is 18.5. The second-order valence-corrected chi connectivity index (χ2v) is 5.36. The van der Waals surface area contributed by atoms with Gasteiger partial charge >= 0.3 is 0 Å². The average molecular weight is 292 g/mol. The first kappa shape index (κ1) is 15.2. The van der Waals surface area contributed by atoms with Crippen molar-refractivity contribution in [3.63, 3.8) is 0 Å². The summed E-state index contributed by atoms with van der Waals surface area (Å²) in [5, 5.41) is 11.3. The lowest BCUT2D eigenvalue weighted by atomic mass is 9.94. The minimum atomic E-state index is -0.663. The van der Waals surface area contributed by atoms with E-state index in [0.717, 1.165) is 32.4 Å². The van der Waals surface area contributed by atoms with Crippen LogP contribution in [0.1, 0.15) is 29.6 Å². The molecule has 1 amide bonds. The summed E-state index contributed by atoms with van der Waals surface area (Å²) in [6.45, 7) is 2.16. The highest BCUT2D eigenvalue weighted by atomic mass is 16.6. The molecule has 1 fully saturated rings. The molecule has 1 atom stereocenters. The fourth-order valence-electron chi connectivity index (χ4n) is 2.85. The molecule has 0 aliphatic carbocycles. The first-order valence-electron chi connectivity index (χ1n) is 7.06. The number of carbonyl (C=O) groups is 1. The van der Waals surface area contributed by atoms with Gasteiger partial charge in [-0.2, -0.15) is 0 Å². The van der Waals surface area contributed by atoms with Gasteiger partial charge in [0.25, 0.3) is 5.69 Å². The molecular formula is C14H20N4O3. The molecule has 1 aliphatic heterocycles. The van der Waals surface area contributed by atoms with Gasteiger partial charge in [-0.3, -0.25) is 14.9 Å². The summed E-state index contributed by atoms with van der Waals surface area (Å²) in [7, 11) is 0. The molecule has 0 bridgehead atoms. The van der Waals surface area contributed by atoms with Crippen LogP contribution in [0.2, 0.25) is 0 Å². The average Bonchev–Trinajstić information content (AvgIpc) is 2.47. The third kappa shape index (κ3) is 3.49. The summed E-state index contributed by atoms with van der Waals surface area (Å²) < 4.78 is 0. The summed E-state index contributed by atoms with van der Waals surface area (Å²) in [6, 6.07) is 4.41. The molecule has 0 radical (unpaired) electrons. The molecule has 1 aliphatic rings. The lowest BCUT2D eigenvalue weighted by Gasteiger charge is -2.34. The van der Waals surface area contributed by atoms with Gasteiger partial charge in [-0.1, -0.05) is 0 Å². The van der Waals surface area contributed by atoms with Gasteiger partial charge in [0.1, 0.15) is 5.69 Å². The number of primary amides is 1. The SMILES string of the molecule is NCCC1CCCN(c2ccc(C(N)=O)cc2[N+](=O)[O-])C1. The molecule has 0 aromatic heterocycles. The third-order valence-corrected chi connectivity index (χ3v) is 3.89. The van der Waals surface area contributed by atoms with Crippen molar-refractivity contribution >= 4 is 17.3 Å². The Morgan fingerprint density at radius 3 is 2.86 bits per heavy atom. The standard InChI is InChI=1S/C14H20N4O3/c15-6-5-10-2-1-7-17(9-10)12-4-3-11(14(16)19)8-13(12)18(20)21/h3-4,8,10H,1-2,5-7,9,15H2,(H2,16,19). The Kier molecular flexibility index (Phi) is 4.74. The summed E-state index contributed by atoms with van der Waals surface area (Å²) in [4.78, 5) is 24.0. The van der Waals surface area contributed by atoms with Crippen LogP contribution in [0.15, 0.2) is 18.2 Å². The second kappa shape index (κ2) is 6.53. The zero-order valence-electron chi connectivity index (χ0n) is 11.8. The van der Waals surface area contributed by atoms with E-state index in [4.69, 9.17) is 11.5 Å². The number of hydrogen-bond acceptors (Lipinski definition) is 5. The monoisotopic (exact) mass is 292 g/mol.